The standard InChI is InChI=1S/C28H34N2O3S2/c1-19-7-9-24(10-8-19)17-30(35(32,33)28-21(3)15-20(2)16-22(28)4)18-27(31)29-23(5)25-11-13-26(34-6)14-12-25/h7-16,23H,17-18H2,1-6H3,(H,29,31). The van der Waals surface area contributed by atoms with Gasteiger partial charge in [0, 0.05) is 11.4 Å². The number of aryl methyl sites for hydroxylation is 4. The highest BCUT2D eigenvalue weighted by molar-refractivity contribution is 7.98. The Kier molecular flexibility index (Phi) is 8.80. The quantitative estimate of drug-likeness (QED) is 0.375. The topological polar surface area (TPSA) is 66.5 Å². The number of hydrogen-bond donors (Lipinski definition) is 1. The van der Waals surface area contributed by atoms with Gasteiger partial charge in [-0.1, -0.05) is 59.7 Å². The van der Waals surface area contributed by atoms with Gasteiger partial charge in [0.25, 0.3) is 0 Å². The molecule has 7 heteroatoms. The molecule has 5 nitrogen and oxygen atoms in total. The molecule has 186 valence electrons. The van der Waals surface area contributed by atoms with Crippen LogP contribution >= 0.6 is 11.8 Å². The monoisotopic (exact) mass is 510 g/mol. The Morgan fingerprint density at radius 3 is 2.03 bits per heavy atom. The minimum absolute atomic E-state index is 0.111. The molecule has 1 N–H and O–H groups in total. The molecule has 0 heterocycles. The van der Waals surface area contributed by atoms with Crippen LogP contribution in [0, 0.1) is 27.7 Å². The Morgan fingerprint density at radius 1 is 0.914 bits per heavy atom. The molecule has 0 radical (unpaired) electrons. The normalized spacial score (nSPS) is 12.5. The van der Waals surface area contributed by atoms with Crippen LogP contribution in [0.3, 0.4) is 0 Å². The summed E-state index contributed by atoms with van der Waals surface area (Å²) in [6, 6.07) is 19.2. The Balaban J connectivity index is 1.89. The van der Waals surface area contributed by atoms with Crippen molar-refractivity contribution in [1.82, 2.24) is 9.62 Å². The fraction of sp³-hybridized carbons (Fsp3) is 0.321. The first kappa shape index (κ1) is 27.0. The Labute approximate surface area is 214 Å². The molecule has 1 unspecified atom stereocenters. The van der Waals surface area contributed by atoms with E-state index < -0.39 is 10.0 Å². The molecule has 0 bridgehead atoms. The summed E-state index contributed by atoms with van der Waals surface area (Å²) in [6.45, 7) is 9.28. The van der Waals surface area contributed by atoms with Gasteiger partial charge in [-0.3, -0.25) is 4.79 Å². The molecule has 0 spiro atoms. The number of thioether (sulfide) groups is 1. The van der Waals surface area contributed by atoms with Crippen LogP contribution in [0.4, 0.5) is 0 Å². The molecule has 3 aromatic carbocycles. The molecule has 3 rings (SSSR count). The average Bonchev–Trinajstić information content (AvgIpc) is 2.79. The summed E-state index contributed by atoms with van der Waals surface area (Å²) < 4.78 is 29.0. The van der Waals surface area contributed by atoms with Gasteiger partial charge in [0.2, 0.25) is 15.9 Å². The van der Waals surface area contributed by atoms with Gasteiger partial charge in [-0.05, 0) is 75.3 Å². The SMILES string of the molecule is CSc1ccc(C(C)NC(=O)CN(Cc2ccc(C)cc2)S(=O)(=O)c2c(C)cc(C)cc2C)cc1. The highest BCUT2D eigenvalue weighted by Crippen LogP contribution is 2.27. The Bertz CT molecular complexity index is 1260. The number of carbonyl (C=O) groups excluding carboxylic acids is 1. The zero-order valence-electron chi connectivity index (χ0n) is 21.3. The first-order valence-electron chi connectivity index (χ1n) is 11.6. The predicted molar refractivity (Wildman–Crippen MR) is 144 cm³/mol. The lowest BCUT2D eigenvalue weighted by molar-refractivity contribution is -0.122. The molecular formula is C28H34N2O3S2. The number of amides is 1. The van der Waals surface area contributed by atoms with Gasteiger partial charge < -0.3 is 5.32 Å². The second-order valence-electron chi connectivity index (χ2n) is 9.05. The van der Waals surface area contributed by atoms with E-state index in [1.165, 1.54) is 4.31 Å². The lowest BCUT2D eigenvalue weighted by atomic mass is 10.1. The van der Waals surface area contributed by atoms with Crippen LogP contribution < -0.4 is 5.32 Å². The lowest BCUT2D eigenvalue weighted by Gasteiger charge is -2.25. The highest BCUT2D eigenvalue weighted by atomic mass is 32.2. The number of rotatable bonds is 9. The molecule has 0 saturated carbocycles. The third-order valence-electron chi connectivity index (χ3n) is 6.00. The minimum Gasteiger partial charge on any atom is -0.348 e. The van der Waals surface area contributed by atoms with Crippen LogP contribution in [-0.4, -0.2) is 31.4 Å². The van der Waals surface area contributed by atoms with Gasteiger partial charge in [0.15, 0.2) is 0 Å². The molecule has 0 aliphatic rings. The molecule has 1 atom stereocenters. The number of hydrogen-bond acceptors (Lipinski definition) is 4. The van der Waals surface area contributed by atoms with Crippen molar-refractivity contribution in [3.63, 3.8) is 0 Å². The maximum Gasteiger partial charge on any atom is 0.244 e. The molecule has 0 saturated heterocycles. The third kappa shape index (κ3) is 6.75. The molecule has 0 aliphatic heterocycles. The maximum absolute atomic E-state index is 13.9. The van der Waals surface area contributed by atoms with Crippen LogP contribution in [0.15, 0.2) is 70.5 Å². The van der Waals surface area contributed by atoms with Crippen LogP contribution in [0.5, 0.6) is 0 Å². The highest BCUT2D eigenvalue weighted by Gasteiger charge is 2.30. The first-order chi connectivity index (χ1) is 16.5. The fourth-order valence-electron chi connectivity index (χ4n) is 4.25. The van der Waals surface area contributed by atoms with E-state index in [1.54, 1.807) is 25.6 Å². The second-order valence-corrected chi connectivity index (χ2v) is 11.8. The summed E-state index contributed by atoms with van der Waals surface area (Å²) in [5, 5.41) is 2.97. The van der Waals surface area contributed by atoms with Crippen molar-refractivity contribution < 1.29 is 13.2 Å². The van der Waals surface area contributed by atoms with Gasteiger partial charge in [0.05, 0.1) is 17.5 Å². The molecule has 0 fully saturated rings. The van der Waals surface area contributed by atoms with E-state index in [0.29, 0.717) is 11.1 Å². The number of benzene rings is 3. The predicted octanol–water partition coefficient (Wildman–Crippen LogP) is 5.71. The Morgan fingerprint density at radius 2 is 1.49 bits per heavy atom. The summed E-state index contributed by atoms with van der Waals surface area (Å²) >= 11 is 1.66. The first-order valence-corrected chi connectivity index (χ1v) is 14.2. The van der Waals surface area contributed by atoms with Crippen molar-refractivity contribution >= 4 is 27.7 Å². The van der Waals surface area contributed by atoms with E-state index in [0.717, 1.165) is 27.1 Å². The van der Waals surface area contributed by atoms with Gasteiger partial charge in [-0.25, -0.2) is 8.42 Å². The zero-order valence-corrected chi connectivity index (χ0v) is 22.9. The molecule has 0 aromatic heterocycles. The van der Waals surface area contributed by atoms with Crippen LogP contribution in [0.2, 0.25) is 0 Å². The summed E-state index contributed by atoms with van der Waals surface area (Å²) in [5.41, 5.74) is 5.25. The van der Waals surface area contributed by atoms with Gasteiger partial charge in [-0.2, -0.15) is 4.31 Å². The molecule has 0 aliphatic carbocycles. The molecule has 3 aromatic rings. The fourth-order valence-corrected chi connectivity index (χ4v) is 6.45. The number of nitrogens with zero attached hydrogens (tertiary/aromatic N) is 1. The van der Waals surface area contributed by atoms with E-state index in [4.69, 9.17) is 0 Å². The zero-order chi connectivity index (χ0) is 25.8. The van der Waals surface area contributed by atoms with Crippen LogP contribution in [0.1, 0.15) is 46.3 Å². The van der Waals surface area contributed by atoms with Crippen LogP contribution in [-0.2, 0) is 21.4 Å². The molecular weight excluding hydrogens is 476 g/mol. The summed E-state index contributed by atoms with van der Waals surface area (Å²) in [7, 11) is -3.92. The molecule has 1 amide bonds. The van der Waals surface area contributed by atoms with E-state index >= 15 is 0 Å². The number of nitrogens with one attached hydrogen (secondary N) is 1. The van der Waals surface area contributed by atoms with E-state index in [-0.39, 0.29) is 29.9 Å². The maximum atomic E-state index is 13.9. The summed E-state index contributed by atoms with van der Waals surface area (Å²) in [5.74, 6) is -0.343. The van der Waals surface area contributed by atoms with Gasteiger partial charge in [-0.15, -0.1) is 11.8 Å². The van der Waals surface area contributed by atoms with Crippen molar-refractivity contribution in [3.8, 4) is 0 Å². The van der Waals surface area contributed by atoms with E-state index in [9.17, 15) is 13.2 Å². The largest absolute Gasteiger partial charge is 0.348 e. The number of carbonyl (C=O) groups is 1. The van der Waals surface area contributed by atoms with Crippen molar-refractivity contribution in [2.75, 3.05) is 12.8 Å². The van der Waals surface area contributed by atoms with Gasteiger partial charge in [0.1, 0.15) is 0 Å². The summed E-state index contributed by atoms with van der Waals surface area (Å²) in [4.78, 5) is 14.5. The van der Waals surface area contributed by atoms with Crippen molar-refractivity contribution in [3.05, 3.63) is 94.0 Å². The van der Waals surface area contributed by atoms with E-state index in [2.05, 4.69) is 5.32 Å². The minimum atomic E-state index is -3.92. The molecule has 35 heavy (non-hydrogen) atoms. The third-order valence-corrected chi connectivity index (χ3v) is 8.84. The Hall–Kier alpha value is -2.61. The van der Waals surface area contributed by atoms with Crippen molar-refractivity contribution in [1.29, 1.82) is 0 Å². The van der Waals surface area contributed by atoms with Crippen molar-refractivity contribution in [2.45, 2.75) is 57.0 Å². The van der Waals surface area contributed by atoms with Crippen molar-refractivity contribution in [2.24, 2.45) is 0 Å². The summed E-state index contributed by atoms with van der Waals surface area (Å²) in [6.07, 6.45) is 2.01. The van der Waals surface area contributed by atoms with Crippen LogP contribution in [0.25, 0.3) is 0 Å². The lowest BCUT2D eigenvalue weighted by Crippen LogP contribution is -2.41. The van der Waals surface area contributed by atoms with E-state index in [1.807, 2.05) is 87.7 Å². The smallest absolute Gasteiger partial charge is 0.244 e. The number of sulfonamides is 1. The second kappa shape index (κ2) is 11.4. The van der Waals surface area contributed by atoms with Gasteiger partial charge >= 0.3 is 0 Å². The average molecular weight is 511 g/mol.